The fraction of sp³-hybridized carbons (Fsp3) is 1.00. The highest BCUT2D eigenvalue weighted by Gasteiger charge is 2.67. The average molecular weight is 446 g/mol. The molecule has 184 valence electrons. The van der Waals surface area contributed by atoms with Crippen LogP contribution in [0.4, 0.5) is 0 Å². The van der Waals surface area contributed by atoms with Gasteiger partial charge in [0.1, 0.15) is 0 Å². The van der Waals surface area contributed by atoms with E-state index >= 15 is 0 Å². The van der Waals surface area contributed by atoms with E-state index in [0.717, 1.165) is 61.6 Å². The zero-order valence-electron chi connectivity index (χ0n) is 21.7. The van der Waals surface area contributed by atoms with E-state index < -0.39 is 0 Å². The summed E-state index contributed by atoms with van der Waals surface area (Å²) in [4.78, 5) is 0. The largest absolute Gasteiger partial charge is 0.347 e. The number of fused-ring (bicyclic) bond motifs is 6. The molecule has 5 rings (SSSR count). The fourth-order valence-electron chi connectivity index (χ4n) is 10.2. The molecular formula is C29H51NO2. The van der Waals surface area contributed by atoms with Crippen LogP contribution in [0.3, 0.4) is 0 Å². The van der Waals surface area contributed by atoms with Crippen LogP contribution in [0.25, 0.3) is 0 Å². The summed E-state index contributed by atoms with van der Waals surface area (Å²) in [5, 5.41) is 0. The highest BCUT2D eigenvalue weighted by atomic mass is 16.7. The molecule has 4 aliphatic carbocycles. The van der Waals surface area contributed by atoms with Gasteiger partial charge in [0, 0.05) is 18.4 Å². The third-order valence-corrected chi connectivity index (χ3v) is 11.7. The molecule has 32 heavy (non-hydrogen) atoms. The Labute approximate surface area is 197 Å². The maximum absolute atomic E-state index is 6.57. The average Bonchev–Trinajstić information content (AvgIpc) is 3.34. The van der Waals surface area contributed by atoms with Crippen LogP contribution in [-0.2, 0) is 9.47 Å². The van der Waals surface area contributed by atoms with Crippen molar-refractivity contribution < 1.29 is 9.47 Å². The zero-order chi connectivity index (χ0) is 22.7. The lowest BCUT2D eigenvalue weighted by Crippen LogP contribution is -2.64. The van der Waals surface area contributed by atoms with Gasteiger partial charge in [0.25, 0.3) is 0 Å². The fourth-order valence-corrected chi connectivity index (χ4v) is 10.2. The molecular weight excluding hydrogens is 394 g/mol. The Balaban J connectivity index is 1.39. The molecule has 0 aromatic carbocycles. The Hall–Kier alpha value is -0.120. The van der Waals surface area contributed by atoms with Gasteiger partial charge in [-0.15, -0.1) is 0 Å². The van der Waals surface area contributed by atoms with Crippen molar-refractivity contribution in [3.8, 4) is 0 Å². The summed E-state index contributed by atoms with van der Waals surface area (Å²) in [6, 6.07) is 0.325. The summed E-state index contributed by atoms with van der Waals surface area (Å²) in [7, 11) is 0. The molecule has 0 amide bonds. The highest BCUT2D eigenvalue weighted by molar-refractivity contribution is 5.14. The van der Waals surface area contributed by atoms with E-state index in [1.54, 1.807) is 0 Å². The van der Waals surface area contributed by atoms with Crippen LogP contribution < -0.4 is 5.73 Å². The number of rotatable bonds is 5. The quantitative estimate of drug-likeness (QED) is 0.507. The zero-order valence-corrected chi connectivity index (χ0v) is 21.7. The topological polar surface area (TPSA) is 44.5 Å². The minimum absolute atomic E-state index is 0.325. The van der Waals surface area contributed by atoms with Crippen LogP contribution >= 0.6 is 0 Å². The summed E-state index contributed by atoms with van der Waals surface area (Å²) in [6.07, 6.45) is 14.7. The third-order valence-electron chi connectivity index (χ3n) is 11.7. The number of hydrogen-bond acceptors (Lipinski definition) is 3. The molecule has 1 unspecified atom stereocenters. The molecule has 1 spiro atoms. The first-order valence-electron chi connectivity index (χ1n) is 14.2. The molecule has 0 aromatic rings. The minimum Gasteiger partial charge on any atom is -0.347 e. The van der Waals surface area contributed by atoms with E-state index in [2.05, 4.69) is 34.6 Å². The van der Waals surface area contributed by atoms with Crippen molar-refractivity contribution in [1.29, 1.82) is 0 Å². The molecule has 1 aliphatic heterocycles. The van der Waals surface area contributed by atoms with E-state index in [0.29, 0.717) is 22.8 Å². The van der Waals surface area contributed by atoms with Gasteiger partial charge < -0.3 is 15.2 Å². The Morgan fingerprint density at radius 1 is 0.875 bits per heavy atom. The van der Waals surface area contributed by atoms with Gasteiger partial charge in [0.15, 0.2) is 5.79 Å². The number of ether oxygens (including phenoxy) is 2. The second kappa shape index (κ2) is 8.52. The lowest BCUT2D eigenvalue weighted by Gasteiger charge is -2.65. The molecule has 2 N–H and O–H groups in total. The van der Waals surface area contributed by atoms with Crippen molar-refractivity contribution >= 4 is 0 Å². The maximum Gasteiger partial charge on any atom is 0.172 e. The lowest BCUT2D eigenvalue weighted by molar-refractivity contribution is -0.293. The van der Waals surface area contributed by atoms with E-state index in [4.69, 9.17) is 15.2 Å². The van der Waals surface area contributed by atoms with Crippen molar-refractivity contribution in [3.05, 3.63) is 0 Å². The van der Waals surface area contributed by atoms with Crippen molar-refractivity contribution in [1.82, 2.24) is 0 Å². The Morgan fingerprint density at radius 3 is 2.28 bits per heavy atom. The second-order valence-corrected chi connectivity index (χ2v) is 13.7. The molecule has 1 saturated heterocycles. The predicted molar refractivity (Wildman–Crippen MR) is 131 cm³/mol. The minimum atomic E-state index is -0.340. The molecule has 3 nitrogen and oxygen atoms in total. The Bertz CT molecular complexity index is 672. The smallest absolute Gasteiger partial charge is 0.172 e. The molecule has 0 bridgehead atoms. The first-order chi connectivity index (χ1) is 15.2. The van der Waals surface area contributed by atoms with Crippen molar-refractivity contribution in [2.45, 2.75) is 117 Å². The first-order valence-corrected chi connectivity index (χ1v) is 14.2. The molecule has 0 aromatic heterocycles. The summed E-state index contributed by atoms with van der Waals surface area (Å²) >= 11 is 0. The van der Waals surface area contributed by atoms with Crippen LogP contribution in [0.15, 0.2) is 0 Å². The van der Waals surface area contributed by atoms with E-state index in [9.17, 15) is 0 Å². The van der Waals surface area contributed by atoms with Gasteiger partial charge >= 0.3 is 0 Å². The molecule has 1 heterocycles. The normalized spacial score (nSPS) is 48.5. The van der Waals surface area contributed by atoms with Gasteiger partial charge in [-0.25, -0.2) is 0 Å². The molecule has 0 radical (unpaired) electrons. The van der Waals surface area contributed by atoms with E-state index in [-0.39, 0.29) is 5.79 Å². The van der Waals surface area contributed by atoms with Crippen molar-refractivity contribution in [2.75, 3.05) is 13.2 Å². The third kappa shape index (κ3) is 3.63. The first kappa shape index (κ1) is 23.6. The SMILES string of the molecule is CC(C)CCC[C@@H](C)[C@H]1CC[C@H]2[C@@H]3CC4(OCCO4)C4C[C@H](N)CC[C@]4(C)[C@H]3CC[C@]12C. The summed E-state index contributed by atoms with van der Waals surface area (Å²) in [5.41, 5.74) is 7.38. The predicted octanol–water partition coefficient (Wildman–Crippen LogP) is 6.79. The summed E-state index contributed by atoms with van der Waals surface area (Å²) < 4.78 is 13.1. The van der Waals surface area contributed by atoms with Gasteiger partial charge in [0.2, 0.25) is 0 Å². The summed E-state index contributed by atoms with van der Waals surface area (Å²) in [6.45, 7) is 14.2. The lowest BCUT2D eigenvalue weighted by atomic mass is 9.43. The van der Waals surface area contributed by atoms with Gasteiger partial charge in [-0.1, -0.05) is 53.9 Å². The van der Waals surface area contributed by atoms with Crippen LogP contribution in [0.2, 0.25) is 0 Å². The van der Waals surface area contributed by atoms with Crippen molar-refractivity contribution in [3.63, 3.8) is 0 Å². The monoisotopic (exact) mass is 445 g/mol. The molecule has 9 atom stereocenters. The molecule has 5 aliphatic rings. The van der Waals surface area contributed by atoms with Crippen LogP contribution in [-0.4, -0.2) is 25.0 Å². The van der Waals surface area contributed by atoms with Gasteiger partial charge in [-0.2, -0.15) is 0 Å². The second-order valence-electron chi connectivity index (χ2n) is 13.7. The Kier molecular flexibility index (Phi) is 6.29. The highest BCUT2D eigenvalue weighted by Crippen LogP contribution is 2.70. The number of nitrogens with two attached hydrogens (primary N) is 1. The Morgan fingerprint density at radius 2 is 1.56 bits per heavy atom. The molecule has 5 fully saturated rings. The van der Waals surface area contributed by atoms with Gasteiger partial charge in [-0.05, 0) is 91.3 Å². The standard InChI is InChI=1S/C29H51NO2/c1-19(2)7-6-8-20(3)23-9-10-24-22-18-29(31-15-16-32-29)26-17-21(30)11-13-28(26,5)25(22)12-14-27(23,24)4/h19-26H,6-18,30H2,1-5H3/t20-,21-,22+,23-,24+,25+,26?,27-,28-/m1/s1. The van der Waals surface area contributed by atoms with Crippen LogP contribution in [0.5, 0.6) is 0 Å². The maximum atomic E-state index is 6.57. The summed E-state index contributed by atoms with van der Waals surface area (Å²) in [5.74, 6) is 5.23. The number of hydrogen-bond donors (Lipinski definition) is 1. The van der Waals surface area contributed by atoms with Crippen LogP contribution in [0, 0.1) is 52.3 Å². The van der Waals surface area contributed by atoms with E-state index in [1.807, 2.05) is 0 Å². The molecule has 4 saturated carbocycles. The van der Waals surface area contributed by atoms with E-state index in [1.165, 1.54) is 57.8 Å². The van der Waals surface area contributed by atoms with Crippen molar-refractivity contribution in [2.24, 2.45) is 58.0 Å². The van der Waals surface area contributed by atoms with Gasteiger partial charge in [0.05, 0.1) is 13.2 Å². The molecule has 3 heteroatoms. The van der Waals surface area contributed by atoms with Crippen LogP contribution in [0.1, 0.15) is 105 Å². The van der Waals surface area contributed by atoms with Gasteiger partial charge in [-0.3, -0.25) is 0 Å².